The van der Waals surface area contributed by atoms with Crippen LogP contribution in [0.1, 0.15) is 40.0 Å². The minimum atomic E-state index is -0.204. The van der Waals surface area contributed by atoms with Crippen LogP contribution in [0.5, 0.6) is 0 Å². The highest BCUT2D eigenvalue weighted by atomic mass is 16.5. The predicted octanol–water partition coefficient (Wildman–Crippen LogP) is 3.18. The number of rotatable bonds is 2. The van der Waals surface area contributed by atoms with Crippen LogP contribution in [0, 0.1) is 17.8 Å². The number of methoxy groups -OCH3 is 1. The summed E-state index contributed by atoms with van der Waals surface area (Å²) in [6, 6.07) is 0. The summed E-state index contributed by atoms with van der Waals surface area (Å²) in [5.74, 6) is 1.69. The molecule has 2 nitrogen and oxygen atoms in total. The molecule has 2 unspecified atom stereocenters. The second-order valence-corrected chi connectivity index (χ2v) is 4.98. The lowest BCUT2D eigenvalue weighted by Crippen LogP contribution is -2.21. The Bertz CT molecular complexity index is 253. The van der Waals surface area contributed by atoms with Crippen LogP contribution in [-0.4, -0.2) is 13.1 Å². The average molecular weight is 210 g/mol. The van der Waals surface area contributed by atoms with Crippen LogP contribution in [0.15, 0.2) is 11.6 Å². The van der Waals surface area contributed by atoms with Gasteiger partial charge in [-0.05, 0) is 37.0 Å². The Hall–Kier alpha value is -0.790. The molecule has 15 heavy (non-hydrogen) atoms. The largest absolute Gasteiger partial charge is 0.466 e. The third-order valence-electron chi connectivity index (χ3n) is 3.34. The van der Waals surface area contributed by atoms with Gasteiger partial charge in [-0.15, -0.1) is 0 Å². The molecule has 2 atom stereocenters. The van der Waals surface area contributed by atoms with E-state index in [-0.39, 0.29) is 5.97 Å². The van der Waals surface area contributed by atoms with Crippen LogP contribution in [-0.2, 0) is 9.53 Å². The van der Waals surface area contributed by atoms with Gasteiger partial charge in [0.2, 0.25) is 0 Å². The van der Waals surface area contributed by atoms with Crippen molar-refractivity contribution in [2.45, 2.75) is 40.0 Å². The molecule has 0 heterocycles. The highest BCUT2D eigenvalue weighted by Gasteiger charge is 2.26. The van der Waals surface area contributed by atoms with E-state index < -0.39 is 0 Å². The molecule has 0 bridgehead atoms. The summed E-state index contributed by atoms with van der Waals surface area (Å²) in [6.07, 6.45) is 5.25. The highest BCUT2D eigenvalue weighted by molar-refractivity contribution is 5.82. The minimum absolute atomic E-state index is 0.204. The minimum Gasteiger partial charge on any atom is -0.466 e. The summed E-state index contributed by atoms with van der Waals surface area (Å²) in [5.41, 5.74) is 1.29. The molecule has 1 aliphatic carbocycles. The zero-order chi connectivity index (χ0) is 11.4. The topological polar surface area (TPSA) is 26.3 Å². The van der Waals surface area contributed by atoms with Crippen molar-refractivity contribution in [1.29, 1.82) is 0 Å². The van der Waals surface area contributed by atoms with E-state index in [1.54, 1.807) is 6.08 Å². The third-order valence-corrected chi connectivity index (χ3v) is 3.34. The molecule has 0 N–H and O–H groups in total. The first-order valence-electron chi connectivity index (χ1n) is 5.83. The van der Waals surface area contributed by atoms with Gasteiger partial charge in [0.05, 0.1) is 7.11 Å². The summed E-state index contributed by atoms with van der Waals surface area (Å²) in [4.78, 5) is 11.3. The van der Waals surface area contributed by atoms with Gasteiger partial charge in [0.1, 0.15) is 0 Å². The number of allylic oxidation sites excluding steroid dienone is 1. The van der Waals surface area contributed by atoms with Gasteiger partial charge < -0.3 is 4.74 Å². The van der Waals surface area contributed by atoms with Gasteiger partial charge in [0.25, 0.3) is 0 Å². The lowest BCUT2D eigenvalue weighted by atomic mass is 9.74. The van der Waals surface area contributed by atoms with Crippen LogP contribution < -0.4 is 0 Å². The summed E-state index contributed by atoms with van der Waals surface area (Å²) in [5, 5.41) is 0. The summed E-state index contributed by atoms with van der Waals surface area (Å²) >= 11 is 0. The summed E-state index contributed by atoms with van der Waals surface area (Å²) in [7, 11) is 1.44. The summed E-state index contributed by atoms with van der Waals surface area (Å²) < 4.78 is 4.70. The molecule has 0 aromatic heterocycles. The van der Waals surface area contributed by atoms with Crippen LogP contribution in [0.4, 0.5) is 0 Å². The molecular formula is C13H22O2. The maximum atomic E-state index is 11.3. The first-order chi connectivity index (χ1) is 7.04. The number of carbonyl (C=O) groups excluding carboxylic acids is 1. The fourth-order valence-corrected chi connectivity index (χ4v) is 2.44. The quantitative estimate of drug-likeness (QED) is 0.517. The zero-order valence-corrected chi connectivity index (χ0v) is 10.2. The molecule has 1 saturated carbocycles. The average Bonchev–Trinajstić information content (AvgIpc) is 2.17. The number of hydrogen-bond acceptors (Lipinski definition) is 2. The molecule has 86 valence electrons. The smallest absolute Gasteiger partial charge is 0.330 e. The molecule has 0 radical (unpaired) electrons. The number of esters is 1. The Morgan fingerprint density at radius 1 is 1.47 bits per heavy atom. The van der Waals surface area contributed by atoms with Crippen molar-refractivity contribution in [3.8, 4) is 0 Å². The van der Waals surface area contributed by atoms with Crippen molar-refractivity contribution < 1.29 is 9.53 Å². The number of carbonyl (C=O) groups is 1. The monoisotopic (exact) mass is 210 g/mol. The van der Waals surface area contributed by atoms with Crippen molar-refractivity contribution in [2.75, 3.05) is 7.11 Å². The van der Waals surface area contributed by atoms with Gasteiger partial charge in [-0.25, -0.2) is 4.79 Å². The molecule has 0 aromatic rings. The lowest BCUT2D eigenvalue weighted by Gasteiger charge is -2.32. The van der Waals surface area contributed by atoms with E-state index in [9.17, 15) is 4.79 Å². The van der Waals surface area contributed by atoms with Crippen LogP contribution >= 0.6 is 0 Å². The maximum Gasteiger partial charge on any atom is 0.330 e. The fraction of sp³-hybridized carbons (Fsp3) is 0.769. The molecule has 0 aliphatic heterocycles. The van der Waals surface area contributed by atoms with Crippen LogP contribution in [0.3, 0.4) is 0 Å². The Morgan fingerprint density at radius 3 is 2.67 bits per heavy atom. The molecule has 1 fully saturated rings. The molecular weight excluding hydrogens is 188 g/mol. The van der Waals surface area contributed by atoms with Gasteiger partial charge in [-0.3, -0.25) is 0 Å². The normalized spacial score (nSPS) is 29.5. The van der Waals surface area contributed by atoms with E-state index in [1.807, 2.05) is 0 Å². The van der Waals surface area contributed by atoms with E-state index >= 15 is 0 Å². The first kappa shape index (κ1) is 12.3. The molecule has 1 rings (SSSR count). The Balaban J connectivity index is 2.78. The lowest BCUT2D eigenvalue weighted by molar-refractivity contribution is -0.134. The number of hydrogen-bond donors (Lipinski definition) is 0. The van der Waals surface area contributed by atoms with Crippen LogP contribution in [0.25, 0.3) is 0 Å². The predicted molar refractivity (Wildman–Crippen MR) is 61.4 cm³/mol. The highest BCUT2D eigenvalue weighted by Crippen LogP contribution is 2.37. The van der Waals surface area contributed by atoms with Crippen molar-refractivity contribution in [2.24, 2.45) is 17.8 Å². The van der Waals surface area contributed by atoms with Crippen LogP contribution in [0.2, 0.25) is 0 Å². The van der Waals surface area contributed by atoms with E-state index in [4.69, 9.17) is 4.74 Å². The van der Waals surface area contributed by atoms with Crippen molar-refractivity contribution in [1.82, 2.24) is 0 Å². The van der Waals surface area contributed by atoms with Crippen molar-refractivity contribution in [3.63, 3.8) is 0 Å². The second-order valence-electron chi connectivity index (χ2n) is 4.98. The second kappa shape index (κ2) is 5.34. The van der Waals surface area contributed by atoms with Gasteiger partial charge >= 0.3 is 5.97 Å². The molecule has 0 spiro atoms. The SMILES string of the molecule is COC(=O)/C=C1/CC(C)CCC1C(C)C. The fourth-order valence-electron chi connectivity index (χ4n) is 2.44. The standard InChI is InChI=1S/C13H22O2/c1-9(2)12-6-5-10(3)7-11(12)8-13(14)15-4/h8-10,12H,5-7H2,1-4H3/b11-8-. The Morgan fingerprint density at radius 2 is 2.13 bits per heavy atom. The molecule has 2 heteroatoms. The van der Waals surface area contributed by atoms with E-state index in [0.717, 1.165) is 6.42 Å². The van der Waals surface area contributed by atoms with Crippen molar-refractivity contribution in [3.05, 3.63) is 11.6 Å². The van der Waals surface area contributed by atoms with Gasteiger partial charge in [0.15, 0.2) is 0 Å². The van der Waals surface area contributed by atoms with Gasteiger partial charge in [-0.2, -0.15) is 0 Å². The number of ether oxygens (including phenoxy) is 1. The first-order valence-corrected chi connectivity index (χ1v) is 5.83. The zero-order valence-electron chi connectivity index (χ0n) is 10.2. The van der Waals surface area contributed by atoms with Crippen molar-refractivity contribution >= 4 is 5.97 Å². The van der Waals surface area contributed by atoms with Gasteiger partial charge in [0, 0.05) is 6.08 Å². The Labute approximate surface area is 92.7 Å². The third kappa shape index (κ3) is 3.37. The van der Waals surface area contributed by atoms with E-state index in [0.29, 0.717) is 17.8 Å². The molecule has 0 saturated heterocycles. The van der Waals surface area contributed by atoms with E-state index in [1.165, 1.54) is 25.5 Å². The Kier molecular flexibility index (Phi) is 4.37. The maximum absolute atomic E-state index is 11.3. The molecule has 0 amide bonds. The summed E-state index contributed by atoms with van der Waals surface area (Å²) in [6.45, 7) is 6.71. The molecule has 0 aromatic carbocycles. The van der Waals surface area contributed by atoms with Gasteiger partial charge in [-0.1, -0.05) is 26.3 Å². The molecule has 1 aliphatic rings. The van der Waals surface area contributed by atoms with E-state index in [2.05, 4.69) is 20.8 Å².